The fraction of sp³-hybridized carbons (Fsp3) is 0.652. The third kappa shape index (κ3) is 9.13. The van der Waals surface area contributed by atoms with Gasteiger partial charge in [0.1, 0.15) is 0 Å². The molecule has 2 N–H and O–H groups in total. The van der Waals surface area contributed by atoms with E-state index in [-0.39, 0.29) is 29.9 Å². The van der Waals surface area contributed by atoms with E-state index in [0.717, 1.165) is 43.9 Å². The van der Waals surface area contributed by atoms with Gasteiger partial charge < -0.3 is 25.0 Å². The molecule has 31 heavy (non-hydrogen) atoms. The van der Waals surface area contributed by atoms with Gasteiger partial charge in [-0.05, 0) is 64.2 Å². The van der Waals surface area contributed by atoms with Crippen LogP contribution in [0.4, 0.5) is 0 Å². The zero-order chi connectivity index (χ0) is 21.8. The Balaban J connectivity index is 0.00000480. The average Bonchev–Trinajstić information content (AvgIpc) is 2.75. The number of likely N-dealkylation sites (tertiary alicyclic amines) is 1. The van der Waals surface area contributed by atoms with Crippen LogP contribution >= 0.6 is 24.0 Å². The summed E-state index contributed by atoms with van der Waals surface area (Å²) in [5.74, 6) is 2.50. The number of ether oxygens (including phenoxy) is 2. The Morgan fingerprint density at radius 1 is 1.13 bits per heavy atom. The summed E-state index contributed by atoms with van der Waals surface area (Å²) in [5.41, 5.74) is 1.17. The molecule has 1 atom stereocenters. The lowest BCUT2D eigenvalue weighted by Gasteiger charge is -2.33. The highest BCUT2D eigenvalue weighted by Gasteiger charge is 2.22. The molecule has 1 fully saturated rings. The highest BCUT2D eigenvalue weighted by atomic mass is 127. The number of carbonyl (C=O) groups excluding carboxylic acids is 1. The third-order valence-corrected chi connectivity index (χ3v) is 5.29. The van der Waals surface area contributed by atoms with Crippen LogP contribution in [0.25, 0.3) is 0 Å². The van der Waals surface area contributed by atoms with Gasteiger partial charge in [0, 0.05) is 39.1 Å². The molecule has 1 heterocycles. The Morgan fingerprint density at radius 2 is 1.84 bits per heavy atom. The lowest BCUT2D eigenvalue weighted by Crippen LogP contribution is -2.44. The predicted octanol–water partition coefficient (Wildman–Crippen LogP) is 3.60. The van der Waals surface area contributed by atoms with Gasteiger partial charge in [0.25, 0.3) is 0 Å². The van der Waals surface area contributed by atoms with Crippen LogP contribution in [0, 0.1) is 0 Å². The molecule has 1 amide bonds. The molecule has 2 rings (SSSR count). The Labute approximate surface area is 204 Å². The van der Waals surface area contributed by atoms with Crippen LogP contribution < -0.4 is 20.1 Å². The minimum absolute atomic E-state index is 0. The van der Waals surface area contributed by atoms with E-state index in [1.807, 2.05) is 30.9 Å². The second kappa shape index (κ2) is 15.2. The van der Waals surface area contributed by atoms with Gasteiger partial charge in [-0.2, -0.15) is 0 Å². The molecule has 1 aliphatic rings. The molecule has 1 aromatic carbocycles. The lowest BCUT2D eigenvalue weighted by atomic mass is 10.0. The molecule has 0 bridgehead atoms. The topological polar surface area (TPSA) is 75.2 Å². The fourth-order valence-electron chi connectivity index (χ4n) is 3.70. The number of benzene rings is 1. The number of guanidine groups is 1. The summed E-state index contributed by atoms with van der Waals surface area (Å²) in [6.07, 6.45) is 4.77. The van der Waals surface area contributed by atoms with Crippen molar-refractivity contribution < 1.29 is 14.3 Å². The summed E-state index contributed by atoms with van der Waals surface area (Å²) < 4.78 is 11.3. The monoisotopic (exact) mass is 546 g/mol. The lowest BCUT2D eigenvalue weighted by molar-refractivity contribution is -0.134. The molecular formula is C23H39IN4O3. The van der Waals surface area contributed by atoms with Crippen LogP contribution in [0.2, 0.25) is 0 Å². The Hall–Kier alpha value is -1.71. The van der Waals surface area contributed by atoms with Crippen molar-refractivity contribution in [3.63, 3.8) is 0 Å². The number of rotatable bonds is 10. The van der Waals surface area contributed by atoms with Crippen molar-refractivity contribution in [2.24, 2.45) is 4.99 Å². The van der Waals surface area contributed by atoms with Crippen molar-refractivity contribution in [1.29, 1.82) is 0 Å². The maximum Gasteiger partial charge on any atom is 0.224 e. The van der Waals surface area contributed by atoms with Crippen molar-refractivity contribution in [1.82, 2.24) is 15.5 Å². The smallest absolute Gasteiger partial charge is 0.224 e. The summed E-state index contributed by atoms with van der Waals surface area (Å²) >= 11 is 0. The highest BCUT2D eigenvalue weighted by Crippen LogP contribution is 2.28. The molecular weight excluding hydrogens is 507 g/mol. The van der Waals surface area contributed by atoms with E-state index in [0.29, 0.717) is 38.2 Å². The number of nitrogens with zero attached hydrogens (tertiary/aromatic N) is 2. The highest BCUT2D eigenvalue weighted by molar-refractivity contribution is 14.0. The summed E-state index contributed by atoms with van der Waals surface area (Å²) in [4.78, 5) is 18.7. The molecule has 1 unspecified atom stereocenters. The van der Waals surface area contributed by atoms with Crippen molar-refractivity contribution >= 4 is 35.8 Å². The zero-order valence-corrected chi connectivity index (χ0v) is 21.7. The maximum absolute atomic E-state index is 12.4. The fourth-order valence-corrected chi connectivity index (χ4v) is 3.70. The Bertz CT molecular complexity index is 699. The Morgan fingerprint density at radius 3 is 2.52 bits per heavy atom. The van der Waals surface area contributed by atoms with E-state index in [4.69, 9.17) is 9.47 Å². The van der Waals surface area contributed by atoms with Crippen LogP contribution in [0.15, 0.2) is 23.2 Å². The van der Waals surface area contributed by atoms with Crippen molar-refractivity contribution in [3.05, 3.63) is 23.8 Å². The first-order chi connectivity index (χ1) is 14.6. The summed E-state index contributed by atoms with van der Waals surface area (Å²) in [5, 5.41) is 6.56. The van der Waals surface area contributed by atoms with Crippen molar-refractivity contribution in [2.75, 3.05) is 39.9 Å². The number of halogens is 1. The number of nitrogens with one attached hydrogen (secondary N) is 2. The molecule has 0 saturated carbocycles. The number of piperidine rings is 1. The van der Waals surface area contributed by atoms with Crippen LogP contribution in [-0.2, 0) is 11.2 Å². The predicted molar refractivity (Wildman–Crippen MR) is 137 cm³/mol. The number of hydrogen-bond acceptors (Lipinski definition) is 4. The molecule has 8 heteroatoms. The van der Waals surface area contributed by atoms with Gasteiger partial charge in [-0.15, -0.1) is 24.0 Å². The number of carbonyl (C=O) groups is 1. The first-order valence-corrected chi connectivity index (χ1v) is 11.2. The molecule has 1 aromatic rings. The zero-order valence-electron chi connectivity index (χ0n) is 19.4. The van der Waals surface area contributed by atoms with Crippen molar-refractivity contribution in [2.45, 2.75) is 58.9 Å². The molecule has 0 aromatic heterocycles. The number of hydrogen-bond donors (Lipinski definition) is 2. The number of aliphatic imine (C=N–C) groups is 1. The summed E-state index contributed by atoms with van der Waals surface area (Å²) in [6, 6.07) is 6.41. The van der Waals surface area contributed by atoms with Crippen LogP contribution in [0.5, 0.6) is 11.5 Å². The van der Waals surface area contributed by atoms with Crippen molar-refractivity contribution in [3.8, 4) is 11.5 Å². The third-order valence-electron chi connectivity index (χ3n) is 5.29. The van der Waals surface area contributed by atoms with Crippen LogP contribution in [-0.4, -0.2) is 62.7 Å². The van der Waals surface area contributed by atoms with E-state index < -0.39 is 0 Å². The van der Waals surface area contributed by atoms with E-state index in [1.54, 1.807) is 7.05 Å². The molecule has 0 spiro atoms. The molecule has 0 radical (unpaired) electrons. The molecule has 0 aliphatic carbocycles. The van der Waals surface area contributed by atoms with E-state index >= 15 is 0 Å². The van der Waals surface area contributed by atoms with Crippen LogP contribution in [0.1, 0.15) is 52.0 Å². The quantitative estimate of drug-likeness (QED) is 0.267. The molecule has 7 nitrogen and oxygen atoms in total. The number of amides is 1. The Kier molecular flexibility index (Phi) is 13.4. The minimum Gasteiger partial charge on any atom is -0.490 e. The van der Waals surface area contributed by atoms with Gasteiger partial charge in [0.15, 0.2) is 17.5 Å². The standard InChI is InChI=1S/C23H38N4O3.HI/c1-5-29-20-11-10-19(17-21(20)30-6-2)12-14-25-23(24-4)26-15-13-22(28)27-16-8-7-9-18(27)3;/h10-11,17-18H,5-9,12-16H2,1-4H3,(H2,24,25,26);1H. The minimum atomic E-state index is 0. The van der Waals surface area contributed by atoms with E-state index in [1.165, 1.54) is 12.0 Å². The average molecular weight is 546 g/mol. The largest absolute Gasteiger partial charge is 0.490 e. The van der Waals surface area contributed by atoms with Gasteiger partial charge in [-0.25, -0.2) is 0 Å². The second-order valence-corrected chi connectivity index (χ2v) is 7.50. The molecule has 1 aliphatic heterocycles. The maximum atomic E-state index is 12.4. The van der Waals surface area contributed by atoms with Gasteiger partial charge >= 0.3 is 0 Å². The molecule has 176 valence electrons. The molecule has 1 saturated heterocycles. The summed E-state index contributed by atoms with van der Waals surface area (Å²) in [6.45, 7) is 9.50. The normalized spacial score (nSPS) is 16.3. The van der Waals surface area contributed by atoms with E-state index in [9.17, 15) is 4.79 Å². The first-order valence-electron chi connectivity index (χ1n) is 11.2. The van der Waals surface area contributed by atoms with Gasteiger partial charge in [0.2, 0.25) is 5.91 Å². The van der Waals surface area contributed by atoms with Crippen LogP contribution in [0.3, 0.4) is 0 Å². The summed E-state index contributed by atoms with van der Waals surface area (Å²) in [7, 11) is 1.74. The first kappa shape index (κ1) is 27.3. The van der Waals surface area contributed by atoms with Gasteiger partial charge in [0.05, 0.1) is 13.2 Å². The SMILES string of the molecule is CCOc1ccc(CCNC(=NC)NCCC(=O)N2CCCCC2C)cc1OCC.I. The second-order valence-electron chi connectivity index (χ2n) is 7.50. The van der Waals surface area contributed by atoms with Gasteiger partial charge in [-0.1, -0.05) is 6.07 Å². The van der Waals surface area contributed by atoms with Gasteiger partial charge in [-0.3, -0.25) is 9.79 Å². The van der Waals surface area contributed by atoms with E-state index in [2.05, 4.69) is 28.6 Å².